The summed E-state index contributed by atoms with van der Waals surface area (Å²) in [5.74, 6) is -0.657. The van der Waals surface area contributed by atoms with E-state index < -0.39 is 6.04 Å². The Morgan fingerprint density at radius 1 is 0.919 bits per heavy atom. The number of halogens is 1. The van der Waals surface area contributed by atoms with Gasteiger partial charge in [0.05, 0.1) is 0 Å². The molecular formula is C29H29ClN4O2S. The molecule has 0 aliphatic rings. The SMILES string of the molecule is CCCCCc1ccc(C(=O)NC(Cc2ccccc2)C(=O)Nc2nnc(-c3cccc(Cl)c3)s2)cc1. The molecule has 1 atom stereocenters. The van der Waals surface area contributed by atoms with Crippen LogP contribution in [0.1, 0.15) is 47.7 Å². The second kappa shape index (κ2) is 13.1. The summed E-state index contributed by atoms with van der Waals surface area (Å²) in [5, 5.41) is 15.6. The van der Waals surface area contributed by atoms with Crippen LogP contribution in [-0.4, -0.2) is 28.1 Å². The van der Waals surface area contributed by atoms with Crippen molar-refractivity contribution in [3.05, 3.63) is 101 Å². The third-order valence-electron chi connectivity index (χ3n) is 5.92. The highest BCUT2D eigenvalue weighted by atomic mass is 35.5. The van der Waals surface area contributed by atoms with E-state index in [1.807, 2.05) is 66.7 Å². The average Bonchev–Trinajstić information content (AvgIpc) is 3.38. The number of amides is 2. The molecule has 0 saturated heterocycles. The van der Waals surface area contributed by atoms with Crippen LogP contribution < -0.4 is 10.6 Å². The summed E-state index contributed by atoms with van der Waals surface area (Å²) in [6.45, 7) is 2.18. The van der Waals surface area contributed by atoms with Gasteiger partial charge in [-0.05, 0) is 48.2 Å². The van der Waals surface area contributed by atoms with Crippen LogP contribution in [0.4, 0.5) is 5.13 Å². The zero-order valence-electron chi connectivity index (χ0n) is 20.6. The standard InChI is InChI=1S/C29H29ClN4O2S/c1-2-3-5-9-20-14-16-22(17-15-20)26(35)31-25(18-21-10-6-4-7-11-21)27(36)32-29-34-33-28(37-29)23-12-8-13-24(30)19-23/h4,6-8,10-17,19,25H,2-3,5,9,18H2,1H3,(H,31,35)(H,32,34,36). The highest BCUT2D eigenvalue weighted by molar-refractivity contribution is 7.18. The van der Waals surface area contributed by atoms with E-state index in [0.717, 1.165) is 24.0 Å². The van der Waals surface area contributed by atoms with Crippen LogP contribution in [0.2, 0.25) is 5.02 Å². The maximum atomic E-state index is 13.3. The number of hydrogen-bond acceptors (Lipinski definition) is 5. The molecule has 6 nitrogen and oxygen atoms in total. The van der Waals surface area contributed by atoms with E-state index in [-0.39, 0.29) is 11.8 Å². The van der Waals surface area contributed by atoms with E-state index in [9.17, 15) is 9.59 Å². The molecule has 0 aliphatic carbocycles. The first-order valence-corrected chi connectivity index (χ1v) is 13.6. The summed E-state index contributed by atoms with van der Waals surface area (Å²) >= 11 is 7.33. The Bertz CT molecular complexity index is 1330. The molecule has 4 rings (SSSR count). The minimum Gasteiger partial charge on any atom is -0.340 e. The quantitative estimate of drug-likeness (QED) is 0.214. The zero-order chi connectivity index (χ0) is 26.0. The van der Waals surface area contributed by atoms with Crippen molar-refractivity contribution in [1.29, 1.82) is 0 Å². The van der Waals surface area contributed by atoms with Gasteiger partial charge < -0.3 is 5.32 Å². The molecule has 3 aromatic carbocycles. The third kappa shape index (κ3) is 7.71. The molecule has 0 spiro atoms. The minimum atomic E-state index is -0.794. The van der Waals surface area contributed by atoms with Crippen molar-refractivity contribution < 1.29 is 9.59 Å². The van der Waals surface area contributed by atoms with E-state index >= 15 is 0 Å². The molecule has 190 valence electrons. The number of rotatable bonds is 11. The molecule has 0 aliphatic heterocycles. The highest BCUT2D eigenvalue weighted by Crippen LogP contribution is 2.28. The van der Waals surface area contributed by atoms with Crippen molar-refractivity contribution in [3.63, 3.8) is 0 Å². The molecule has 8 heteroatoms. The smallest absolute Gasteiger partial charge is 0.251 e. The number of carbonyl (C=O) groups excluding carboxylic acids is 2. The first kappa shape index (κ1) is 26.5. The maximum Gasteiger partial charge on any atom is 0.251 e. The lowest BCUT2D eigenvalue weighted by Crippen LogP contribution is -2.45. The van der Waals surface area contributed by atoms with Gasteiger partial charge in [-0.3, -0.25) is 14.9 Å². The third-order valence-corrected chi connectivity index (χ3v) is 7.04. The summed E-state index contributed by atoms with van der Waals surface area (Å²) in [6, 6.07) is 23.7. The molecule has 0 saturated carbocycles. The maximum absolute atomic E-state index is 13.3. The van der Waals surface area contributed by atoms with Gasteiger partial charge in [-0.15, -0.1) is 10.2 Å². The lowest BCUT2D eigenvalue weighted by molar-refractivity contribution is -0.118. The Morgan fingerprint density at radius 2 is 1.70 bits per heavy atom. The number of nitrogens with one attached hydrogen (secondary N) is 2. The first-order chi connectivity index (χ1) is 18.0. The van der Waals surface area contributed by atoms with Crippen molar-refractivity contribution >= 4 is 39.9 Å². The molecule has 0 radical (unpaired) electrons. The first-order valence-electron chi connectivity index (χ1n) is 12.4. The number of aryl methyl sites for hydroxylation is 1. The summed E-state index contributed by atoms with van der Waals surface area (Å²) in [4.78, 5) is 26.3. The lowest BCUT2D eigenvalue weighted by Gasteiger charge is -2.18. The molecule has 1 heterocycles. The summed E-state index contributed by atoms with van der Waals surface area (Å²) in [7, 11) is 0. The number of unbranched alkanes of at least 4 members (excludes halogenated alkanes) is 2. The topological polar surface area (TPSA) is 84.0 Å². The highest BCUT2D eigenvalue weighted by Gasteiger charge is 2.23. The molecule has 1 unspecified atom stereocenters. The second-order valence-electron chi connectivity index (χ2n) is 8.78. The second-order valence-corrected chi connectivity index (χ2v) is 10.2. The van der Waals surface area contributed by atoms with E-state index in [4.69, 9.17) is 11.6 Å². The number of hydrogen-bond donors (Lipinski definition) is 2. The molecule has 0 bridgehead atoms. The molecule has 0 fully saturated rings. The van der Waals surface area contributed by atoms with Gasteiger partial charge in [0.1, 0.15) is 11.0 Å². The monoisotopic (exact) mass is 532 g/mol. The lowest BCUT2D eigenvalue weighted by atomic mass is 10.0. The number of carbonyl (C=O) groups is 2. The molecule has 2 N–H and O–H groups in total. The van der Waals surface area contributed by atoms with Crippen molar-refractivity contribution in [3.8, 4) is 10.6 Å². The molecule has 37 heavy (non-hydrogen) atoms. The van der Waals surface area contributed by atoms with Crippen molar-refractivity contribution in [2.45, 2.75) is 45.1 Å². The van der Waals surface area contributed by atoms with Crippen LogP contribution in [0.15, 0.2) is 78.9 Å². The Morgan fingerprint density at radius 3 is 2.43 bits per heavy atom. The van der Waals surface area contributed by atoms with Gasteiger partial charge in [0, 0.05) is 22.6 Å². The fraction of sp³-hybridized carbons (Fsp3) is 0.241. The number of benzene rings is 3. The van der Waals surface area contributed by atoms with E-state index in [1.54, 1.807) is 12.1 Å². The average molecular weight is 533 g/mol. The van der Waals surface area contributed by atoms with Crippen LogP contribution in [0.3, 0.4) is 0 Å². The van der Waals surface area contributed by atoms with Crippen LogP contribution in [0.25, 0.3) is 10.6 Å². The van der Waals surface area contributed by atoms with Gasteiger partial charge >= 0.3 is 0 Å². The van der Waals surface area contributed by atoms with Crippen molar-refractivity contribution in [1.82, 2.24) is 15.5 Å². The minimum absolute atomic E-state index is 0.298. The Balaban J connectivity index is 1.46. The Kier molecular flexibility index (Phi) is 9.40. The van der Waals surface area contributed by atoms with Crippen LogP contribution in [-0.2, 0) is 17.6 Å². The van der Waals surface area contributed by atoms with E-state index in [0.29, 0.717) is 27.1 Å². The molecular weight excluding hydrogens is 504 g/mol. The Hall–Kier alpha value is -3.55. The fourth-order valence-corrected chi connectivity index (χ4v) is 4.84. The summed E-state index contributed by atoms with van der Waals surface area (Å²) in [5.41, 5.74) is 3.48. The molecule has 4 aromatic rings. The van der Waals surface area contributed by atoms with Crippen molar-refractivity contribution in [2.24, 2.45) is 0 Å². The number of nitrogens with zero attached hydrogens (tertiary/aromatic N) is 2. The Labute approximate surface area is 226 Å². The van der Waals surface area contributed by atoms with Crippen LogP contribution in [0.5, 0.6) is 0 Å². The summed E-state index contributed by atoms with van der Waals surface area (Å²) in [6.07, 6.45) is 4.82. The van der Waals surface area contributed by atoms with Gasteiger partial charge in [0.15, 0.2) is 0 Å². The zero-order valence-corrected chi connectivity index (χ0v) is 22.2. The van der Waals surface area contributed by atoms with Crippen LogP contribution in [0, 0.1) is 0 Å². The summed E-state index contributed by atoms with van der Waals surface area (Å²) < 4.78 is 0. The molecule has 1 aromatic heterocycles. The van der Waals surface area contributed by atoms with Gasteiger partial charge in [-0.1, -0.05) is 97.3 Å². The van der Waals surface area contributed by atoms with Gasteiger partial charge in [-0.2, -0.15) is 0 Å². The normalized spacial score (nSPS) is 11.6. The predicted molar refractivity (Wildman–Crippen MR) is 150 cm³/mol. The number of anilines is 1. The molecule has 2 amide bonds. The van der Waals surface area contributed by atoms with Crippen LogP contribution >= 0.6 is 22.9 Å². The largest absolute Gasteiger partial charge is 0.340 e. The van der Waals surface area contributed by atoms with Gasteiger partial charge in [-0.25, -0.2) is 0 Å². The predicted octanol–water partition coefficient (Wildman–Crippen LogP) is 6.57. The van der Waals surface area contributed by atoms with Crippen molar-refractivity contribution in [2.75, 3.05) is 5.32 Å². The van der Waals surface area contributed by atoms with E-state index in [2.05, 4.69) is 27.8 Å². The van der Waals surface area contributed by atoms with Gasteiger partial charge in [0.2, 0.25) is 11.0 Å². The number of aromatic nitrogens is 2. The fourth-order valence-electron chi connectivity index (χ4n) is 3.91. The van der Waals surface area contributed by atoms with Gasteiger partial charge in [0.25, 0.3) is 5.91 Å². The van der Waals surface area contributed by atoms with E-state index in [1.165, 1.54) is 29.7 Å².